The van der Waals surface area contributed by atoms with E-state index in [1.165, 1.54) is 6.92 Å². The minimum atomic E-state index is -3.34. The molecule has 0 saturated heterocycles. The van der Waals surface area contributed by atoms with Crippen LogP contribution < -0.4 is 4.99 Å². The number of benzene rings is 1. The van der Waals surface area contributed by atoms with Crippen molar-refractivity contribution < 1.29 is 13.4 Å². The lowest BCUT2D eigenvalue weighted by Crippen LogP contribution is -2.75. The van der Waals surface area contributed by atoms with Crippen molar-refractivity contribution in [3.8, 4) is 0 Å². The third-order valence-electron chi connectivity index (χ3n) is 2.05. The van der Waals surface area contributed by atoms with Gasteiger partial charge >= 0.3 is 0 Å². The first-order valence-electron chi connectivity index (χ1n) is 4.25. The minimum Gasteiger partial charge on any atom is -0.414 e. The summed E-state index contributed by atoms with van der Waals surface area (Å²) in [5.74, 6) is 0. The number of hydrogen-bond donors (Lipinski definition) is 1. The molecule has 0 amide bonds. The van der Waals surface area contributed by atoms with Gasteiger partial charge in [0, 0.05) is 6.92 Å². The van der Waals surface area contributed by atoms with Crippen molar-refractivity contribution >= 4 is 16.6 Å². The van der Waals surface area contributed by atoms with Gasteiger partial charge < -0.3 is 4.99 Å². The van der Waals surface area contributed by atoms with Crippen LogP contribution in [0.5, 0.6) is 0 Å². The molecule has 0 aliphatic carbocycles. The number of hydrogen-bond acceptors (Lipinski definition) is 2. The van der Waals surface area contributed by atoms with Gasteiger partial charge in [-0.3, -0.25) is 0 Å². The van der Waals surface area contributed by atoms with E-state index in [1.807, 2.05) is 6.92 Å². The van der Waals surface area contributed by atoms with E-state index in [0.717, 1.165) is 5.56 Å². The van der Waals surface area contributed by atoms with E-state index in [4.69, 9.17) is 6.72 Å². The van der Waals surface area contributed by atoms with Gasteiger partial charge in [-0.05, 0) is 19.1 Å². The van der Waals surface area contributed by atoms with Crippen LogP contribution in [0.25, 0.3) is 0 Å². The lowest BCUT2D eigenvalue weighted by Gasteiger charge is -2.06. The maximum atomic E-state index is 11.7. The lowest BCUT2D eigenvalue weighted by molar-refractivity contribution is -0.461. The van der Waals surface area contributed by atoms with Gasteiger partial charge in [-0.15, -0.1) is 0 Å². The van der Waals surface area contributed by atoms with E-state index < -0.39 is 15.2 Å². The van der Waals surface area contributed by atoms with Gasteiger partial charge in [0.1, 0.15) is 0 Å². The Morgan fingerprint density at radius 1 is 1.29 bits per heavy atom. The van der Waals surface area contributed by atoms with Crippen molar-refractivity contribution in [2.24, 2.45) is 0 Å². The summed E-state index contributed by atoms with van der Waals surface area (Å²) < 4.78 is 23.5. The highest BCUT2D eigenvalue weighted by Crippen LogP contribution is 2.13. The van der Waals surface area contributed by atoms with Crippen LogP contribution in [0.3, 0.4) is 0 Å². The molecule has 0 aliphatic heterocycles. The number of rotatable bonds is 3. The fourth-order valence-corrected chi connectivity index (χ4v) is 2.12. The van der Waals surface area contributed by atoms with E-state index in [0.29, 0.717) is 0 Å². The molecule has 1 aromatic rings. The maximum Gasteiger partial charge on any atom is 0.237 e. The highest BCUT2D eigenvalue weighted by molar-refractivity contribution is 7.91. The number of sulfone groups is 1. The second-order valence-electron chi connectivity index (χ2n) is 3.17. The molecule has 1 aromatic carbocycles. The Labute approximate surface area is 84.4 Å². The molecule has 1 atom stereocenters. The van der Waals surface area contributed by atoms with Crippen LogP contribution in [0.4, 0.5) is 0 Å². The fourth-order valence-electron chi connectivity index (χ4n) is 1.02. The van der Waals surface area contributed by atoms with Crippen LogP contribution in [-0.4, -0.2) is 20.5 Å². The van der Waals surface area contributed by atoms with E-state index >= 15 is 0 Å². The molecule has 0 saturated carbocycles. The molecule has 1 unspecified atom stereocenters. The van der Waals surface area contributed by atoms with Gasteiger partial charge in [0.15, 0.2) is 0 Å². The third kappa shape index (κ3) is 2.01. The second-order valence-corrected chi connectivity index (χ2v) is 5.44. The maximum absolute atomic E-state index is 11.7. The van der Waals surface area contributed by atoms with Crippen LogP contribution in [0, 0.1) is 6.92 Å². The summed E-state index contributed by atoms with van der Waals surface area (Å²) in [7, 11) is -3.34. The van der Waals surface area contributed by atoms with Crippen molar-refractivity contribution in [3.63, 3.8) is 0 Å². The summed E-state index contributed by atoms with van der Waals surface area (Å²) in [5.41, 5.74) is 1.03. The van der Waals surface area contributed by atoms with Gasteiger partial charge in [0.25, 0.3) is 0 Å². The average molecular weight is 211 g/mol. The Morgan fingerprint density at radius 3 is 2.21 bits per heavy atom. The Kier molecular flexibility index (Phi) is 3.06. The minimum absolute atomic E-state index is 0.286. The van der Waals surface area contributed by atoms with E-state index in [-0.39, 0.29) is 4.90 Å². The smallest absolute Gasteiger partial charge is 0.237 e. The molecule has 3 nitrogen and oxygen atoms in total. The monoisotopic (exact) mass is 211 g/mol. The molecule has 76 valence electrons. The molecule has 0 aliphatic rings. The summed E-state index contributed by atoms with van der Waals surface area (Å²) in [4.78, 5) is 2.52. The third-order valence-corrected chi connectivity index (χ3v) is 4.05. The van der Waals surface area contributed by atoms with Crippen molar-refractivity contribution in [1.82, 2.24) is 0 Å². The molecule has 0 fully saturated rings. The molecule has 4 heteroatoms. The van der Waals surface area contributed by atoms with E-state index in [2.05, 4.69) is 4.99 Å². The van der Waals surface area contributed by atoms with Crippen LogP contribution in [0.15, 0.2) is 29.2 Å². The Bertz CT molecular complexity index is 420. The Hall–Kier alpha value is -1.16. The predicted octanol–water partition coefficient (Wildman–Crippen LogP) is -0.227. The molecule has 1 rings (SSSR count). The molecule has 0 spiro atoms. The molecule has 0 aromatic heterocycles. The zero-order valence-electron chi connectivity index (χ0n) is 8.19. The van der Waals surface area contributed by atoms with Gasteiger partial charge in [-0.2, -0.15) is 0 Å². The van der Waals surface area contributed by atoms with Gasteiger partial charge in [-0.25, -0.2) is 15.1 Å². The molecule has 0 radical (unpaired) electrons. The summed E-state index contributed by atoms with van der Waals surface area (Å²) in [6, 6.07) is 6.68. The van der Waals surface area contributed by atoms with E-state index in [1.54, 1.807) is 24.3 Å². The van der Waals surface area contributed by atoms with Crippen molar-refractivity contribution in [1.29, 1.82) is 0 Å². The molecule has 1 N–H and O–H groups in total. The summed E-state index contributed by atoms with van der Waals surface area (Å²) in [6.07, 6.45) is 0. The second kappa shape index (κ2) is 3.92. The number of nitrogens with one attached hydrogen (secondary N) is 1. The Morgan fingerprint density at radius 2 is 1.79 bits per heavy atom. The molecular weight excluding hydrogens is 198 g/mol. The summed E-state index contributed by atoms with van der Waals surface area (Å²) in [6.45, 7) is 8.51. The van der Waals surface area contributed by atoms with Crippen LogP contribution in [0.2, 0.25) is 0 Å². The SMILES string of the molecule is [CH-]=[NH+]C(C)S(=O)(=O)c1ccc(C)cc1. The first-order chi connectivity index (χ1) is 6.48. The van der Waals surface area contributed by atoms with Crippen LogP contribution >= 0.6 is 0 Å². The largest absolute Gasteiger partial charge is 0.414 e. The van der Waals surface area contributed by atoms with Gasteiger partial charge in [0.05, 0.1) is 4.90 Å². The molecular formula is C10H13NO2S. The fraction of sp³-hybridized carbons (Fsp3) is 0.300. The normalized spacial score (nSPS) is 13.6. The van der Waals surface area contributed by atoms with E-state index in [9.17, 15) is 8.42 Å². The topological polar surface area (TPSA) is 48.1 Å². The van der Waals surface area contributed by atoms with Crippen molar-refractivity contribution in [3.05, 3.63) is 29.8 Å². The molecule has 0 bridgehead atoms. The van der Waals surface area contributed by atoms with Crippen molar-refractivity contribution in [2.75, 3.05) is 0 Å². The standard InChI is InChI=1S/C10H13NO2S/c1-8-4-6-10(7-5-8)14(12,13)9(2)11-3/h3-7,9,11H,1-2H3. The zero-order valence-corrected chi connectivity index (χ0v) is 9.01. The quantitative estimate of drug-likeness (QED) is 0.555. The Balaban J connectivity index is 3.17. The van der Waals surface area contributed by atoms with Crippen molar-refractivity contribution in [2.45, 2.75) is 24.1 Å². The highest BCUT2D eigenvalue weighted by Gasteiger charge is 2.23. The molecule has 14 heavy (non-hydrogen) atoms. The zero-order chi connectivity index (χ0) is 10.8. The van der Waals surface area contributed by atoms with Gasteiger partial charge in [-0.1, -0.05) is 17.7 Å². The highest BCUT2D eigenvalue weighted by atomic mass is 32.2. The summed E-state index contributed by atoms with van der Waals surface area (Å²) in [5, 5.41) is -0.773. The van der Waals surface area contributed by atoms with Crippen LogP contribution in [0.1, 0.15) is 12.5 Å². The predicted molar refractivity (Wildman–Crippen MR) is 54.9 cm³/mol. The average Bonchev–Trinajstić information content (AvgIpc) is 2.17. The lowest BCUT2D eigenvalue weighted by atomic mass is 10.2. The first kappa shape index (κ1) is 10.9. The van der Waals surface area contributed by atoms with Gasteiger partial charge in [0.2, 0.25) is 15.2 Å². The van der Waals surface area contributed by atoms with Crippen LogP contribution in [-0.2, 0) is 9.84 Å². The first-order valence-corrected chi connectivity index (χ1v) is 5.80. The molecule has 0 heterocycles. The number of aryl methyl sites for hydroxylation is 1. The summed E-state index contributed by atoms with van der Waals surface area (Å²) >= 11 is 0.